The summed E-state index contributed by atoms with van der Waals surface area (Å²) in [5.41, 5.74) is 0.869. The Morgan fingerprint density at radius 1 is 1.34 bits per heavy atom. The van der Waals surface area contributed by atoms with Gasteiger partial charge in [-0.25, -0.2) is 14.4 Å². The standard InChI is InChI=1S/C20H22FN5O2S/c1-13-4-6-25(7-5-13)9-15-11-29-20(23-15)24-18(27)10-26-12-22-17-3-2-14(21)8-16(17)19(26)28/h2-3,8,11-13H,4-7,9-10H2,1H3,(H,23,24,27). The molecule has 1 aromatic carbocycles. The molecule has 7 nitrogen and oxygen atoms in total. The molecule has 0 aliphatic carbocycles. The number of likely N-dealkylation sites (tertiary alicyclic amines) is 1. The second-order valence-corrected chi connectivity index (χ2v) is 8.35. The molecule has 1 fully saturated rings. The van der Waals surface area contributed by atoms with Crippen LogP contribution >= 0.6 is 11.3 Å². The van der Waals surface area contributed by atoms with Crippen molar-refractivity contribution in [2.24, 2.45) is 5.92 Å². The van der Waals surface area contributed by atoms with Gasteiger partial charge >= 0.3 is 0 Å². The van der Waals surface area contributed by atoms with Crippen LogP contribution in [0.2, 0.25) is 0 Å². The maximum atomic E-state index is 13.4. The molecule has 1 saturated heterocycles. The Morgan fingerprint density at radius 3 is 2.93 bits per heavy atom. The topological polar surface area (TPSA) is 80.1 Å². The summed E-state index contributed by atoms with van der Waals surface area (Å²) in [6.45, 7) is 4.98. The summed E-state index contributed by atoms with van der Waals surface area (Å²) in [5, 5.41) is 5.32. The van der Waals surface area contributed by atoms with E-state index in [0.717, 1.165) is 37.3 Å². The Labute approximate surface area is 171 Å². The first-order valence-corrected chi connectivity index (χ1v) is 10.5. The third-order valence-electron chi connectivity index (χ3n) is 5.16. The summed E-state index contributed by atoms with van der Waals surface area (Å²) in [4.78, 5) is 35.8. The second kappa shape index (κ2) is 8.38. The average molecular weight is 415 g/mol. The number of nitrogens with one attached hydrogen (secondary N) is 1. The summed E-state index contributed by atoms with van der Waals surface area (Å²) < 4.78 is 14.6. The highest BCUT2D eigenvalue weighted by Crippen LogP contribution is 2.21. The number of anilines is 1. The van der Waals surface area contributed by atoms with Crippen LogP contribution in [0.4, 0.5) is 9.52 Å². The van der Waals surface area contributed by atoms with Crippen LogP contribution in [0.25, 0.3) is 10.9 Å². The highest BCUT2D eigenvalue weighted by molar-refractivity contribution is 7.13. The molecule has 4 rings (SSSR count). The molecule has 1 aliphatic rings. The van der Waals surface area contributed by atoms with Gasteiger partial charge in [0.1, 0.15) is 12.4 Å². The molecule has 0 atom stereocenters. The highest BCUT2D eigenvalue weighted by Gasteiger charge is 2.17. The van der Waals surface area contributed by atoms with Crippen molar-refractivity contribution in [1.29, 1.82) is 0 Å². The van der Waals surface area contributed by atoms with Crippen LogP contribution < -0.4 is 10.9 Å². The number of piperidine rings is 1. The van der Waals surface area contributed by atoms with Gasteiger partial charge in [-0.05, 0) is 50.0 Å². The van der Waals surface area contributed by atoms with E-state index in [0.29, 0.717) is 10.6 Å². The van der Waals surface area contributed by atoms with Crippen LogP contribution in [0, 0.1) is 11.7 Å². The average Bonchev–Trinajstić information content (AvgIpc) is 3.13. The van der Waals surface area contributed by atoms with Crippen LogP contribution in [-0.2, 0) is 17.9 Å². The minimum atomic E-state index is -0.517. The number of hydrogen-bond donors (Lipinski definition) is 1. The minimum Gasteiger partial charge on any atom is -0.300 e. The number of benzene rings is 1. The number of fused-ring (bicyclic) bond motifs is 1. The number of halogens is 1. The molecule has 0 bridgehead atoms. The van der Waals surface area contributed by atoms with E-state index in [2.05, 4.69) is 27.1 Å². The lowest BCUT2D eigenvalue weighted by molar-refractivity contribution is -0.116. The number of carbonyl (C=O) groups is 1. The number of rotatable bonds is 5. The van der Waals surface area contributed by atoms with E-state index < -0.39 is 11.4 Å². The molecule has 1 aliphatic heterocycles. The van der Waals surface area contributed by atoms with E-state index in [1.54, 1.807) is 0 Å². The first-order chi connectivity index (χ1) is 14.0. The fraction of sp³-hybridized carbons (Fsp3) is 0.400. The molecule has 0 spiro atoms. The Morgan fingerprint density at radius 2 is 2.14 bits per heavy atom. The Balaban J connectivity index is 1.39. The normalized spacial score (nSPS) is 15.7. The number of nitrogens with zero attached hydrogens (tertiary/aromatic N) is 4. The van der Waals surface area contributed by atoms with E-state index in [1.807, 2.05) is 5.38 Å². The summed E-state index contributed by atoms with van der Waals surface area (Å²) in [7, 11) is 0. The van der Waals surface area contributed by atoms with Crippen LogP contribution in [0.3, 0.4) is 0 Å². The fourth-order valence-electron chi connectivity index (χ4n) is 3.44. The van der Waals surface area contributed by atoms with Crippen molar-refractivity contribution in [3.8, 4) is 0 Å². The molecule has 9 heteroatoms. The molecule has 0 radical (unpaired) electrons. The monoisotopic (exact) mass is 415 g/mol. The zero-order chi connectivity index (χ0) is 20.4. The molecular weight excluding hydrogens is 393 g/mol. The lowest BCUT2D eigenvalue weighted by Crippen LogP contribution is -2.32. The zero-order valence-corrected chi connectivity index (χ0v) is 16.9. The van der Waals surface area contributed by atoms with Gasteiger partial charge in [0.05, 0.1) is 22.9 Å². The van der Waals surface area contributed by atoms with E-state index in [4.69, 9.17) is 0 Å². The number of carbonyl (C=O) groups excluding carboxylic acids is 1. The lowest BCUT2D eigenvalue weighted by Gasteiger charge is -2.29. The minimum absolute atomic E-state index is 0.146. The smallest absolute Gasteiger partial charge is 0.261 e. The molecule has 29 heavy (non-hydrogen) atoms. The molecule has 1 amide bonds. The van der Waals surface area contributed by atoms with E-state index in [9.17, 15) is 14.0 Å². The van der Waals surface area contributed by atoms with Crippen molar-refractivity contribution in [3.05, 3.63) is 51.8 Å². The van der Waals surface area contributed by atoms with Crippen LogP contribution in [0.5, 0.6) is 0 Å². The van der Waals surface area contributed by atoms with Gasteiger partial charge in [-0.2, -0.15) is 0 Å². The van der Waals surface area contributed by atoms with Crippen molar-refractivity contribution in [2.45, 2.75) is 32.9 Å². The summed E-state index contributed by atoms with van der Waals surface area (Å²) in [5.74, 6) is -0.115. The van der Waals surface area contributed by atoms with Gasteiger partial charge in [0, 0.05) is 11.9 Å². The zero-order valence-electron chi connectivity index (χ0n) is 16.1. The molecule has 1 N–H and O–H groups in total. The van der Waals surface area contributed by atoms with Gasteiger partial charge in [0.2, 0.25) is 5.91 Å². The van der Waals surface area contributed by atoms with E-state index >= 15 is 0 Å². The molecule has 3 heterocycles. The van der Waals surface area contributed by atoms with Crippen molar-refractivity contribution in [1.82, 2.24) is 19.4 Å². The maximum absolute atomic E-state index is 13.4. The molecule has 0 saturated carbocycles. The summed E-state index contributed by atoms with van der Waals surface area (Å²) in [6, 6.07) is 3.82. The SMILES string of the molecule is CC1CCN(Cc2csc(NC(=O)Cn3cnc4ccc(F)cc4c3=O)n2)CC1. The predicted molar refractivity (Wildman–Crippen MR) is 110 cm³/mol. The quantitative estimate of drug-likeness (QED) is 0.693. The summed E-state index contributed by atoms with van der Waals surface area (Å²) >= 11 is 1.36. The Bertz CT molecular complexity index is 1090. The van der Waals surface area contributed by atoms with Gasteiger partial charge in [-0.1, -0.05) is 6.92 Å². The molecule has 2 aromatic heterocycles. The first-order valence-electron chi connectivity index (χ1n) is 9.59. The first kappa shape index (κ1) is 19.7. The molecule has 0 unspecified atom stereocenters. The number of thiazole rings is 1. The van der Waals surface area contributed by atoms with Crippen LogP contribution in [0.15, 0.2) is 34.7 Å². The number of amides is 1. The van der Waals surface area contributed by atoms with Crippen molar-refractivity contribution < 1.29 is 9.18 Å². The van der Waals surface area contributed by atoms with Crippen LogP contribution in [0.1, 0.15) is 25.5 Å². The largest absolute Gasteiger partial charge is 0.300 e. The molecule has 3 aromatic rings. The molecule has 152 valence electrons. The van der Waals surface area contributed by atoms with Gasteiger partial charge < -0.3 is 5.32 Å². The second-order valence-electron chi connectivity index (χ2n) is 7.49. The summed E-state index contributed by atoms with van der Waals surface area (Å²) in [6.07, 6.45) is 3.70. The van der Waals surface area contributed by atoms with E-state index in [1.165, 1.54) is 47.2 Å². The predicted octanol–water partition coefficient (Wildman–Crippen LogP) is 2.86. The number of aromatic nitrogens is 3. The van der Waals surface area contributed by atoms with Crippen molar-refractivity contribution in [2.75, 3.05) is 18.4 Å². The van der Waals surface area contributed by atoms with Crippen molar-refractivity contribution in [3.63, 3.8) is 0 Å². The van der Waals surface area contributed by atoms with Gasteiger partial charge in [0.15, 0.2) is 5.13 Å². The third kappa shape index (κ3) is 4.68. The molecular formula is C20H22FN5O2S. The highest BCUT2D eigenvalue weighted by atomic mass is 32.1. The van der Waals surface area contributed by atoms with Crippen LogP contribution in [-0.4, -0.2) is 38.4 Å². The van der Waals surface area contributed by atoms with Gasteiger partial charge in [0.25, 0.3) is 5.56 Å². The fourth-order valence-corrected chi connectivity index (χ4v) is 4.16. The Kier molecular flexibility index (Phi) is 5.68. The Hall–Kier alpha value is -2.65. The van der Waals surface area contributed by atoms with Gasteiger partial charge in [-0.3, -0.25) is 19.1 Å². The third-order valence-corrected chi connectivity index (χ3v) is 5.97. The van der Waals surface area contributed by atoms with E-state index in [-0.39, 0.29) is 17.8 Å². The van der Waals surface area contributed by atoms with Gasteiger partial charge in [-0.15, -0.1) is 11.3 Å². The maximum Gasteiger partial charge on any atom is 0.261 e. The van der Waals surface area contributed by atoms with Crippen molar-refractivity contribution >= 4 is 33.3 Å². The number of hydrogen-bond acceptors (Lipinski definition) is 6. The lowest BCUT2D eigenvalue weighted by atomic mass is 9.99.